The molecule has 0 heterocycles. The summed E-state index contributed by atoms with van der Waals surface area (Å²) in [5.74, 6) is 0. The third-order valence-electron chi connectivity index (χ3n) is 2.93. The minimum absolute atomic E-state index is 0.125. The van der Waals surface area contributed by atoms with E-state index in [1.807, 2.05) is 30.3 Å². The smallest absolute Gasteiger partial charge is 0.209 e. The summed E-state index contributed by atoms with van der Waals surface area (Å²) in [4.78, 5) is 0. The van der Waals surface area contributed by atoms with Crippen LogP contribution in [0.4, 0.5) is 0 Å². The molecule has 2 rings (SSSR count). The standard InChI is InChI=1S/C13H17NO2S/c15-17(16,14-13-8-4-5-9-13)11-10-12-6-2-1-3-7-12/h1-3,6-7,10-11,13-14H,4-5,8-9H2/b11-10+. The number of nitrogens with one attached hydrogen (secondary N) is 1. The molecule has 4 heteroatoms. The highest BCUT2D eigenvalue weighted by atomic mass is 32.2. The molecule has 1 N–H and O–H groups in total. The van der Waals surface area contributed by atoms with Crippen LogP contribution in [0.1, 0.15) is 31.2 Å². The SMILES string of the molecule is O=S(=O)(/C=C/c1ccccc1)NC1CCCC1. The fraction of sp³-hybridized carbons (Fsp3) is 0.385. The van der Waals surface area contributed by atoms with Crippen LogP contribution in [0, 0.1) is 0 Å². The van der Waals surface area contributed by atoms with Crippen LogP contribution >= 0.6 is 0 Å². The van der Waals surface area contributed by atoms with Crippen molar-refractivity contribution in [3.05, 3.63) is 41.3 Å². The molecule has 0 amide bonds. The third-order valence-corrected chi connectivity index (χ3v) is 4.08. The van der Waals surface area contributed by atoms with E-state index in [-0.39, 0.29) is 6.04 Å². The molecule has 0 aliphatic heterocycles. The Balaban J connectivity index is 1.99. The van der Waals surface area contributed by atoms with Gasteiger partial charge in [0.2, 0.25) is 10.0 Å². The normalized spacial score (nSPS) is 17.9. The van der Waals surface area contributed by atoms with E-state index in [0.29, 0.717) is 0 Å². The highest BCUT2D eigenvalue weighted by molar-refractivity contribution is 7.92. The summed E-state index contributed by atoms with van der Waals surface area (Å²) in [7, 11) is -3.29. The highest BCUT2D eigenvalue weighted by Crippen LogP contribution is 2.18. The van der Waals surface area contributed by atoms with Crippen LogP contribution in [-0.4, -0.2) is 14.5 Å². The van der Waals surface area contributed by atoms with Crippen molar-refractivity contribution in [1.82, 2.24) is 4.72 Å². The van der Waals surface area contributed by atoms with Crippen LogP contribution in [0.2, 0.25) is 0 Å². The van der Waals surface area contributed by atoms with Crippen molar-refractivity contribution in [2.75, 3.05) is 0 Å². The second-order valence-electron chi connectivity index (χ2n) is 4.36. The second-order valence-corrected chi connectivity index (χ2v) is 5.96. The maximum atomic E-state index is 11.8. The van der Waals surface area contributed by atoms with E-state index < -0.39 is 10.0 Å². The van der Waals surface area contributed by atoms with Gasteiger partial charge in [-0.25, -0.2) is 13.1 Å². The molecule has 3 nitrogen and oxygen atoms in total. The van der Waals surface area contributed by atoms with Crippen LogP contribution in [0.25, 0.3) is 6.08 Å². The molecule has 0 unspecified atom stereocenters. The van der Waals surface area contributed by atoms with Crippen molar-refractivity contribution in [3.8, 4) is 0 Å². The number of hydrogen-bond acceptors (Lipinski definition) is 2. The summed E-state index contributed by atoms with van der Waals surface area (Å²) in [6, 6.07) is 9.56. The molecule has 17 heavy (non-hydrogen) atoms. The Morgan fingerprint density at radius 3 is 2.41 bits per heavy atom. The average Bonchev–Trinajstić information content (AvgIpc) is 2.80. The first-order valence-corrected chi connectivity index (χ1v) is 7.46. The van der Waals surface area contributed by atoms with Crippen LogP contribution in [0.3, 0.4) is 0 Å². The van der Waals surface area contributed by atoms with Crippen molar-refractivity contribution >= 4 is 16.1 Å². The second kappa shape index (κ2) is 5.47. The van der Waals surface area contributed by atoms with Crippen LogP contribution < -0.4 is 4.72 Å². The molecule has 0 atom stereocenters. The van der Waals surface area contributed by atoms with Gasteiger partial charge in [-0.15, -0.1) is 0 Å². The van der Waals surface area contributed by atoms with E-state index >= 15 is 0 Å². The van der Waals surface area contributed by atoms with E-state index in [4.69, 9.17) is 0 Å². The van der Waals surface area contributed by atoms with E-state index in [0.717, 1.165) is 31.2 Å². The Hall–Kier alpha value is -1.13. The molecular weight excluding hydrogens is 234 g/mol. The minimum atomic E-state index is -3.29. The summed E-state index contributed by atoms with van der Waals surface area (Å²) < 4.78 is 26.2. The van der Waals surface area contributed by atoms with Gasteiger partial charge in [-0.3, -0.25) is 0 Å². The van der Waals surface area contributed by atoms with Gasteiger partial charge in [0, 0.05) is 11.4 Å². The molecule has 1 aliphatic rings. The van der Waals surface area contributed by atoms with Crippen LogP contribution in [-0.2, 0) is 10.0 Å². The van der Waals surface area contributed by atoms with Gasteiger partial charge in [-0.1, -0.05) is 43.2 Å². The number of benzene rings is 1. The molecule has 1 aromatic carbocycles. The van der Waals surface area contributed by atoms with E-state index in [1.165, 1.54) is 5.41 Å². The Labute approximate surface area is 103 Å². The van der Waals surface area contributed by atoms with Crippen molar-refractivity contribution in [3.63, 3.8) is 0 Å². The quantitative estimate of drug-likeness (QED) is 0.893. The molecule has 92 valence electrons. The molecule has 1 saturated carbocycles. The van der Waals surface area contributed by atoms with Crippen LogP contribution in [0.5, 0.6) is 0 Å². The molecule has 0 spiro atoms. The summed E-state index contributed by atoms with van der Waals surface area (Å²) in [5, 5.41) is 1.25. The van der Waals surface area contributed by atoms with E-state index in [1.54, 1.807) is 6.08 Å². The lowest BCUT2D eigenvalue weighted by Gasteiger charge is -2.09. The van der Waals surface area contributed by atoms with E-state index in [2.05, 4.69) is 4.72 Å². The molecule has 0 aromatic heterocycles. The summed E-state index contributed by atoms with van der Waals surface area (Å²) in [6.07, 6.45) is 5.78. The Bertz CT molecular complexity index is 473. The first kappa shape index (κ1) is 12.3. The Morgan fingerprint density at radius 2 is 1.76 bits per heavy atom. The maximum Gasteiger partial charge on any atom is 0.233 e. The number of hydrogen-bond donors (Lipinski definition) is 1. The topological polar surface area (TPSA) is 46.2 Å². The van der Waals surface area contributed by atoms with Crippen LogP contribution in [0.15, 0.2) is 35.7 Å². The van der Waals surface area contributed by atoms with Crippen molar-refractivity contribution < 1.29 is 8.42 Å². The van der Waals surface area contributed by atoms with E-state index in [9.17, 15) is 8.42 Å². The molecule has 0 radical (unpaired) electrons. The first-order valence-electron chi connectivity index (χ1n) is 5.91. The highest BCUT2D eigenvalue weighted by Gasteiger charge is 2.19. The predicted molar refractivity (Wildman–Crippen MR) is 69.8 cm³/mol. The molecule has 0 saturated heterocycles. The van der Waals surface area contributed by atoms with Gasteiger partial charge in [0.25, 0.3) is 0 Å². The Morgan fingerprint density at radius 1 is 1.12 bits per heavy atom. The predicted octanol–water partition coefficient (Wildman–Crippen LogP) is 2.52. The molecule has 0 bridgehead atoms. The van der Waals surface area contributed by atoms with Crippen molar-refractivity contribution in [1.29, 1.82) is 0 Å². The molecule has 1 fully saturated rings. The Kier molecular flexibility index (Phi) is 3.97. The fourth-order valence-electron chi connectivity index (χ4n) is 2.05. The lowest BCUT2D eigenvalue weighted by molar-refractivity contribution is 0.561. The van der Waals surface area contributed by atoms with Gasteiger partial charge in [0.05, 0.1) is 0 Å². The lowest BCUT2D eigenvalue weighted by atomic mass is 10.2. The van der Waals surface area contributed by atoms with Gasteiger partial charge in [0.15, 0.2) is 0 Å². The molecule has 1 aromatic rings. The average molecular weight is 251 g/mol. The van der Waals surface area contributed by atoms with Crippen molar-refractivity contribution in [2.24, 2.45) is 0 Å². The number of rotatable bonds is 4. The zero-order valence-electron chi connectivity index (χ0n) is 9.67. The fourth-order valence-corrected chi connectivity index (χ4v) is 3.16. The van der Waals surface area contributed by atoms with Crippen molar-refractivity contribution in [2.45, 2.75) is 31.7 Å². The van der Waals surface area contributed by atoms with Gasteiger partial charge in [-0.2, -0.15) is 0 Å². The minimum Gasteiger partial charge on any atom is -0.209 e. The largest absolute Gasteiger partial charge is 0.233 e. The summed E-state index contributed by atoms with van der Waals surface area (Å²) in [6.45, 7) is 0. The zero-order chi connectivity index (χ0) is 12.1. The monoisotopic (exact) mass is 251 g/mol. The van der Waals surface area contributed by atoms with Gasteiger partial charge in [0.1, 0.15) is 0 Å². The molecule has 1 aliphatic carbocycles. The van der Waals surface area contributed by atoms with Gasteiger partial charge in [-0.05, 0) is 24.5 Å². The summed E-state index contributed by atoms with van der Waals surface area (Å²) >= 11 is 0. The third kappa shape index (κ3) is 3.98. The summed E-state index contributed by atoms with van der Waals surface area (Å²) in [5.41, 5.74) is 0.893. The maximum absolute atomic E-state index is 11.8. The zero-order valence-corrected chi connectivity index (χ0v) is 10.5. The number of sulfonamides is 1. The molecular formula is C13H17NO2S. The van der Waals surface area contributed by atoms with Gasteiger partial charge < -0.3 is 0 Å². The first-order chi connectivity index (χ1) is 8.16. The lowest BCUT2D eigenvalue weighted by Crippen LogP contribution is -2.30. The van der Waals surface area contributed by atoms with Gasteiger partial charge >= 0.3 is 0 Å².